The van der Waals surface area contributed by atoms with Crippen molar-refractivity contribution < 1.29 is 0 Å². The highest BCUT2D eigenvalue weighted by molar-refractivity contribution is 9.10. The van der Waals surface area contributed by atoms with E-state index in [1.54, 1.807) is 0 Å². The van der Waals surface area contributed by atoms with Crippen molar-refractivity contribution >= 4 is 15.9 Å². The molecule has 0 heterocycles. The van der Waals surface area contributed by atoms with Gasteiger partial charge in [0.2, 0.25) is 0 Å². The molecule has 1 nitrogen and oxygen atoms in total. The van der Waals surface area contributed by atoms with E-state index in [4.69, 9.17) is 0 Å². The number of benzene rings is 1. The summed E-state index contributed by atoms with van der Waals surface area (Å²) >= 11 is 3.58. The smallest absolute Gasteiger partial charge is 0.0208 e. The maximum atomic E-state index is 3.66. The first-order valence-electron chi connectivity index (χ1n) is 6.24. The van der Waals surface area contributed by atoms with Gasteiger partial charge in [-0.15, -0.1) is 0 Å². The molecule has 2 rings (SSSR count). The van der Waals surface area contributed by atoms with Crippen LogP contribution in [0.4, 0.5) is 0 Å². The minimum Gasteiger partial charge on any atom is -0.310 e. The number of hydrogen-bond donors (Lipinski definition) is 1. The number of halogens is 1. The largest absolute Gasteiger partial charge is 0.310 e. The fourth-order valence-electron chi connectivity index (χ4n) is 2.32. The van der Waals surface area contributed by atoms with Gasteiger partial charge < -0.3 is 5.32 Å². The molecule has 0 bridgehead atoms. The summed E-state index contributed by atoms with van der Waals surface area (Å²) in [5.74, 6) is 0. The molecule has 1 aromatic carbocycles. The molecule has 0 radical (unpaired) electrons. The Kier molecular flexibility index (Phi) is 4.42. The number of hydrogen-bond acceptors (Lipinski definition) is 1. The highest BCUT2D eigenvalue weighted by Crippen LogP contribution is 2.20. The summed E-state index contributed by atoms with van der Waals surface area (Å²) < 4.78 is 1.22. The molecular weight excluding hydrogens is 262 g/mol. The van der Waals surface area contributed by atoms with Gasteiger partial charge in [0.15, 0.2) is 0 Å². The molecule has 1 N–H and O–H groups in total. The zero-order valence-electron chi connectivity index (χ0n) is 9.93. The highest BCUT2D eigenvalue weighted by atomic mass is 79.9. The summed E-state index contributed by atoms with van der Waals surface area (Å²) in [6.45, 7) is 3.13. The van der Waals surface area contributed by atoms with E-state index in [1.807, 2.05) is 0 Å². The second-order valence-corrected chi connectivity index (χ2v) is 5.65. The molecule has 0 aromatic heterocycles. The van der Waals surface area contributed by atoms with Crippen molar-refractivity contribution in [2.75, 3.05) is 0 Å². The minimum atomic E-state index is 0.744. The van der Waals surface area contributed by atoms with Crippen LogP contribution >= 0.6 is 15.9 Å². The van der Waals surface area contributed by atoms with E-state index >= 15 is 0 Å². The Morgan fingerprint density at radius 1 is 1.25 bits per heavy atom. The van der Waals surface area contributed by atoms with Crippen LogP contribution in [-0.2, 0) is 6.54 Å². The molecule has 0 saturated heterocycles. The Morgan fingerprint density at radius 2 is 2.00 bits per heavy atom. The lowest BCUT2D eigenvalue weighted by Gasteiger charge is -2.23. The lowest BCUT2D eigenvalue weighted by molar-refractivity contribution is 0.372. The zero-order valence-corrected chi connectivity index (χ0v) is 11.5. The lowest BCUT2D eigenvalue weighted by atomic mass is 9.95. The van der Waals surface area contributed by atoms with Crippen LogP contribution in [0.2, 0.25) is 0 Å². The highest BCUT2D eigenvalue weighted by Gasteiger charge is 2.12. The summed E-state index contributed by atoms with van der Waals surface area (Å²) in [6.07, 6.45) is 6.93. The maximum Gasteiger partial charge on any atom is 0.0208 e. The summed E-state index contributed by atoms with van der Waals surface area (Å²) in [5.41, 5.74) is 2.68. The van der Waals surface area contributed by atoms with Crippen LogP contribution in [-0.4, -0.2) is 6.04 Å². The Bertz CT molecular complexity index is 343. The van der Waals surface area contributed by atoms with Crippen LogP contribution < -0.4 is 5.32 Å². The average molecular weight is 282 g/mol. The molecule has 1 aliphatic rings. The van der Waals surface area contributed by atoms with E-state index < -0.39 is 0 Å². The third-order valence-electron chi connectivity index (χ3n) is 3.44. The van der Waals surface area contributed by atoms with Crippen molar-refractivity contribution in [1.82, 2.24) is 5.32 Å². The molecule has 1 aliphatic carbocycles. The molecule has 0 amide bonds. The first-order chi connectivity index (χ1) is 7.75. The van der Waals surface area contributed by atoms with E-state index in [9.17, 15) is 0 Å². The predicted molar refractivity (Wildman–Crippen MR) is 72.6 cm³/mol. The van der Waals surface area contributed by atoms with Gasteiger partial charge in [0.1, 0.15) is 0 Å². The molecule has 2 heteroatoms. The first kappa shape index (κ1) is 12.1. The number of rotatable bonds is 3. The maximum absolute atomic E-state index is 3.66. The number of nitrogens with one attached hydrogen (secondary N) is 1. The molecule has 1 saturated carbocycles. The molecular formula is C14H20BrN. The molecule has 88 valence electrons. The first-order valence-corrected chi connectivity index (χ1v) is 7.03. The van der Waals surface area contributed by atoms with Crippen molar-refractivity contribution in [1.29, 1.82) is 0 Å². The molecule has 0 spiro atoms. The second-order valence-electron chi connectivity index (χ2n) is 4.80. The van der Waals surface area contributed by atoms with Crippen LogP contribution in [0.1, 0.15) is 43.2 Å². The quantitative estimate of drug-likeness (QED) is 0.877. The summed E-state index contributed by atoms with van der Waals surface area (Å²) in [4.78, 5) is 0. The van der Waals surface area contributed by atoms with Gasteiger partial charge >= 0.3 is 0 Å². The van der Waals surface area contributed by atoms with Crippen molar-refractivity contribution in [2.45, 2.75) is 51.6 Å². The minimum absolute atomic E-state index is 0.744. The monoisotopic (exact) mass is 281 g/mol. The van der Waals surface area contributed by atoms with Crippen LogP contribution in [0.5, 0.6) is 0 Å². The molecule has 16 heavy (non-hydrogen) atoms. The van der Waals surface area contributed by atoms with Crippen molar-refractivity contribution in [2.24, 2.45) is 0 Å². The van der Waals surface area contributed by atoms with Crippen molar-refractivity contribution in [3.8, 4) is 0 Å². The van der Waals surface area contributed by atoms with Gasteiger partial charge in [-0.05, 0) is 37.0 Å². The fraction of sp³-hybridized carbons (Fsp3) is 0.571. The molecule has 0 unspecified atom stereocenters. The average Bonchev–Trinajstić information content (AvgIpc) is 2.32. The van der Waals surface area contributed by atoms with E-state index in [1.165, 1.54) is 47.7 Å². The molecule has 1 fully saturated rings. The normalized spacial score (nSPS) is 17.6. The van der Waals surface area contributed by atoms with Crippen molar-refractivity contribution in [3.63, 3.8) is 0 Å². The topological polar surface area (TPSA) is 12.0 Å². The second kappa shape index (κ2) is 5.83. The van der Waals surface area contributed by atoms with E-state index in [0.717, 1.165) is 12.6 Å². The van der Waals surface area contributed by atoms with Gasteiger partial charge in [0.05, 0.1) is 0 Å². The Morgan fingerprint density at radius 3 is 2.69 bits per heavy atom. The third kappa shape index (κ3) is 3.33. The zero-order chi connectivity index (χ0) is 11.4. The summed E-state index contributed by atoms with van der Waals surface area (Å²) in [5, 5.41) is 3.66. The van der Waals surface area contributed by atoms with E-state index in [2.05, 4.69) is 46.4 Å². The van der Waals surface area contributed by atoms with Crippen LogP contribution in [0.15, 0.2) is 22.7 Å². The SMILES string of the molecule is Cc1ccc(CNC2CCCCC2)cc1Br. The summed E-state index contributed by atoms with van der Waals surface area (Å²) in [6, 6.07) is 7.37. The van der Waals surface area contributed by atoms with E-state index in [0.29, 0.717) is 0 Å². The molecule has 0 aliphatic heterocycles. The predicted octanol–water partition coefficient (Wildman–Crippen LogP) is 4.18. The Labute approximate surface area is 107 Å². The van der Waals surface area contributed by atoms with E-state index in [-0.39, 0.29) is 0 Å². The van der Waals surface area contributed by atoms with Crippen LogP contribution in [0, 0.1) is 6.92 Å². The standard InChI is InChI=1S/C14H20BrN/c1-11-7-8-12(9-14(11)15)10-16-13-5-3-2-4-6-13/h7-9,13,16H,2-6,10H2,1H3. The van der Waals surface area contributed by atoms with Gasteiger partial charge in [-0.1, -0.05) is 47.3 Å². The molecule has 0 atom stereocenters. The third-order valence-corrected chi connectivity index (χ3v) is 4.29. The van der Waals surface area contributed by atoms with Gasteiger partial charge in [-0.25, -0.2) is 0 Å². The van der Waals surface area contributed by atoms with Gasteiger partial charge in [0.25, 0.3) is 0 Å². The van der Waals surface area contributed by atoms with Gasteiger partial charge in [-0.3, -0.25) is 0 Å². The van der Waals surface area contributed by atoms with Gasteiger partial charge in [0, 0.05) is 17.1 Å². The fourth-order valence-corrected chi connectivity index (χ4v) is 2.74. The Balaban J connectivity index is 1.86. The van der Waals surface area contributed by atoms with Crippen LogP contribution in [0.3, 0.4) is 0 Å². The number of aryl methyl sites for hydroxylation is 1. The van der Waals surface area contributed by atoms with Gasteiger partial charge in [-0.2, -0.15) is 0 Å². The van der Waals surface area contributed by atoms with Crippen LogP contribution in [0.25, 0.3) is 0 Å². The lowest BCUT2D eigenvalue weighted by Crippen LogP contribution is -2.30. The molecule has 1 aromatic rings. The van der Waals surface area contributed by atoms with Crippen molar-refractivity contribution in [3.05, 3.63) is 33.8 Å². The summed E-state index contributed by atoms with van der Waals surface area (Å²) in [7, 11) is 0. The Hall–Kier alpha value is -0.340.